The molecule has 3 heteroatoms. The van der Waals surface area contributed by atoms with Crippen molar-refractivity contribution in [3.05, 3.63) is 29.8 Å². The van der Waals surface area contributed by atoms with Crippen LogP contribution >= 0.6 is 0 Å². The fourth-order valence-corrected chi connectivity index (χ4v) is 3.33. The maximum absolute atomic E-state index is 12.1. The van der Waals surface area contributed by atoms with Gasteiger partial charge in [-0.3, -0.25) is 4.21 Å². The number of hydrogen-bond donors (Lipinski definition) is 1. The second-order valence-electron chi connectivity index (χ2n) is 3.68. The lowest BCUT2D eigenvalue weighted by atomic mass is 10.2. The molecule has 0 radical (unpaired) electrons. The van der Waals surface area contributed by atoms with Gasteiger partial charge in [0.2, 0.25) is 0 Å². The molecule has 0 spiro atoms. The van der Waals surface area contributed by atoms with Crippen LogP contribution in [0, 0.1) is 6.92 Å². The molecule has 2 atom stereocenters. The predicted octanol–water partition coefficient (Wildman–Crippen LogP) is 1.46. The third-order valence-electron chi connectivity index (χ3n) is 2.63. The van der Waals surface area contributed by atoms with Gasteiger partial charge in [0.05, 0.1) is 16.0 Å². The Morgan fingerprint density at radius 3 is 2.86 bits per heavy atom. The standard InChI is InChI=1S/C11H15NOS/c1-9-4-2-3-5-11(9)14(13)10-6-7-12-8-10/h2-5,10,12H,6-8H2,1H3/t10-,14?/m0/s1. The van der Waals surface area contributed by atoms with Crippen LogP contribution in [0.2, 0.25) is 0 Å². The molecule has 1 fully saturated rings. The van der Waals surface area contributed by atoms with Crippen molar-refractivity contribution >= 4 is 10.8 Å². The van der Waals surface area contributed by atoms with Gasteiger partial charge in [0.25, 0.3) is 0 Å². The number of nitrogens with one attached hydrogen (secondary N) is 1. The first kappa shape index (κ1) is 9.87. The molecule has 14 heavy (non-hydrogen) atoms. The first-order valence-corrected chi connectivity index (χ1v) is 6.17. The summed E-state index contributed by atoms with van der Waals surface area (Å²) in [6.45, 7) is 3.92. The van der Waals surface area contributed by atoms with Gasteiger partial charge < -0.3 is 5.32 Å². The molecule has 0 amide bonds. The van der Waals surface area contributed by atoms with E-state index in [1.165, 1.54) is 0 Å². The van der Waals surface area contributed by atoms with Gasteiger partial charge in [-0.1, -0.05) is 18.2 Å². The van der Waals surface area contributed by atoms with Crippen molar-refractivity contribution in [2.75, 3.05) is 13.1 Å². The van der Waals surface area contributed by atoms with Crippen molar-refractivity contribution in [2.45, 2.75) is 23.5 Å². The Balaban J connectivity index is 2.22. The molecule has 1 aromatic carbocycles. The van der Waals surface area contributed by atoms with Crippen LogP contribution in [0.15, 0.2) is 29.2 Å². The molecule has 0 saturated carbocycles. The Labute approximate surface area is 87.2 Å². The van der Waals surface area contributed by atoms with Crippen molar-refractivity contribution in [3.63, 3.8) is 0 Å². The fraction of sp³-hybridized carbons (Fsp3) is 0.455. The Kier molecular flexibility index (Phi) is 2.99. The van der Waals surface area contributed by atoms with Crippen LogP contribution in [-0.2, 0) is 10.8 Å². The molecule has 1 N–H and O–H groups in total. The quantitative estimate of drug-likeness (QED) is 0.799. The van der Waals surface area contributed by atoms with Crippen LogP contribution in [-0.4, -0.2) is 22.5 Å². The van der Waals surface area contributed by atoms with Crippen LogP contribution in [0.5, 0.6) is 0 Å². The van der Waals surface area contributed by atoms with E-state index < -0.39 is 10.8 Å². The first-order valence-electron chi connectivity index (χ1n) is 4.96. The molecule has 0 aromatic heterocycles. The average Bonchev–Trinajstić information content (AvgIpc) is 2.70. The largest absolute Gasteiger partial charge is 0.315 e. The molecule has 0 bridgehead atoms. The Morgan fingerprint density at radius 1 is 1.43 bits per heavy atom. The van der Waals surface area contributed by atoms with Crippen LogP contribution in [0.4, 0.5) is 0 Å². The van der Waals surface area contributed by atoms with E-state index in [9.17, 15) is 4.21 Å². The SMILES string of the molecule is Cc1ccccc1S(=O)[C@H]1CCNC1. The molecule has 76 valence electrons. The van der Waals surface area contributed by atoms with Crippen LogP contribution < -0.4 is 5.32 Å². The highest BCUT2D eigenvalue weighted by Gasteiger charge is 2.22. The van der Waals surface area contributed by atoms with E-state index >= 15 is 0 Å². The zero-order valence-electron chi connectivity index (χ0n) is 8.32. The van der Waals surface area contributed by atoms with Gasteiger partial charge in [0.1, 0.15) is 0 Å². The molecular weight excluding hydrogens is 194 g/mol. The molecule has 1 aromatic rings. The van der Waals surface area contributed by atoms with E-state index in [4.69, 9.17) is 0 Å². The first-order chi connectivity index (χ1) is 6.79. The lowest BCUT2D eigenvalue weighted by molar-refractivity contribution is 0.672. The van der Waals surface area contributed by atoms with Gasteiger partial charge in [0, 0.05) is 11.4 Å². The minimum absolute atomic E-state index is 0.302. The normalized spacial score (nSPS) is 23.6. The van der Waals surface area contributed by atoms with Crippen LogP contribution in [0.3, 0.4) is 0 Å². The molecule has 1 unspecified atom stereocenters. The zero-order valence-corrected chi connectivity index (χ0v) is 9.14. The summed E-state index contributed by atoms with van der Waals surface area (Å²) in [5, 5.41) is 3.55. The highest BCUT2D eigenvalue weighted by atomic mass is 32.2. The Hall–Kier alpha value is -0.670. The molecule has 1 aliphatic heterocycles. The van der Waals surface area contributed by atoms with Crippen LogP contribution in [0.1, 0.15) is 12.0 Å². The Morgan fingerprint density at radius 2 is 2.21 bits per heavy atom. The molecule has 2 rings (SSSR count). The summed E-state index contributed by atoms with van der Waals surface area (Å²) in [7, 11) is -0.833. The predicted molar refractivity (Wildman–Crippen MR) is 58.9 cm³/mol. The van der Waals surface area contributed by atoms with Crippen molar-refractivity contribution in [2.24, 2.45) is 0 Å². The third kappa shape index (κ3) is 1.88. The zero-order chi connectivity index (χ0) is 9.97. The lowest BCUT2D eigenvalue weighted by Gasteiger charge is -2.10. The smallest absolute Gasteiger partial charge is 0.0576 e. The van der Waals surface area contributed by atoms with Crippen molar-refractivity contribution in [3.8, 4) is 0 Å². The van der Waals surface area contributed by atoms with Gasteiger partial charge in [0.15, 0.2) is 0 Å². The Bertz CT molecular complexity index is 345. The van der Waals surface area contributed by atoms with Gasteiger partial charge >= 0.3 is 0 Å². The summed E-state index contributed by atoms with van der Waals surface area (Å²) in [6, 6.07) is 7.95. The second kappa shape index (κ2) is 4.24. The summed E-state index contributed by atoms with van der Waals surface area (Å²) < 4.78 is 12.1. The summed E-state index contributed by atoms with van der Waals surface area (Å²) in [6.07, 6.45) is 1.03. The van der Waals surface area contributed by atoms with E-state index in [1.807, 2.05) is 31.2 Å². The number of aryl methyl sites for hydroxylation is 1. The molecular formula is C11H15NOS. The van der Waals surface area contributed by atoms with Crippen molar-refractivity contribution < 1.29 is 4.21 Å². The number of benzene rings is 1. The third-order valence-corrected chi connectivity index (χ3v) is 4.53. The lowest BCUT2D eigenvalue weighted by Crippen LogP contribution is -2.19. The highest BCUT2D eigenvalue weighted by molar-refractivity contribution is 7.85. The minimum Gasteiger partial charge on any atom is -0.315 e. The monoisotopic (exact) mass is 209 g/mol. The van der Waals surface area contributed by atoms with E-state index in [-0.39, 0.29) is 0 Å². The van der Waals surface area contributed by atoms with E-state index in [1.54, 1.807) is 0 Å². The average molecular weight is 209 g/mol. The number of rotatable bonds is 2. The van der Waals surface area contributed by atoms with Gasteiger partial charge in [-0.2, -0.15) is 0 Å². The fourth-order valence-electron chi connectivity index (χ4n) is 1.77. The van der Waals surface area contributed by atoms with E-state index in [0.717, 1.165) is 30.0 Å². The topological polar surface area (TPSA) is 29.1 Å². The molecule has 0 aliphatic carbocycles. The minimum atomic E-state index is -0.833. The molecule has 1 saturated heterocycles. The summed E-state index contributed by atoms with van der Waals surface area (Å²) in [5.41, 5.74) is 1.14. The van der Waals surface area contributed by atoms with Gasteiger partial charge in [-0.25, -0.2) is 0 Å². The number of hydrogen-bond acceptors (Lipinski definition) is 2. The van der Waals surface area contributed by atoms with E-state index in [0.29, 0.717) is 5.25 Å². The summed E-state index contributed by atoms with van der Waals surface area (Å²) in [5.74, 6) is 0. The molecule has 1 heterocycles. The summed E-state index contributed by atoms with van der Waals surface area (Å²) in [4.78, 5) is 1.00. The molecule has 2 nitrogen and oxygen atoms in total. The van der Waals surface area contributed by atoms with Crippen molar-refractivity contribution in [1.29, 1.82) is 0 Å². The molecule has 1 aliphatic rings. The summed E-state index contributed by atoms with van der Waals surface area (Å²) >= 11 is 0. The van der Waals surface area contributed by atoms with E-state index in [2.05, 4.69) is 5.32 Å². The van der Waals surface area contributed by atoms with Gasteiger partial charge in [-0.05, 0) is 31.5 Å². The maximum Gasteiger partial charge on any atom is 0.0576 e. The highest BCUT2D eigenvalue weighted by Crippen LogP contribution is 2.18. The van der Waals surface area contributed by atoms with Crippen LogP contribution in [0.25, 0.3) is 0 Å². The maximum atomic E-state index is 12.1. The van der Waals surface area contributed by atoms with Gasteiger partial charge in [-0.15, -0.1) is 0 Å². The second-order valence-corrected chi connectivity index (χ2v) is 5.38. The van der Waals surface area contributed by atoms with Crippen molar-refractivity contribution in [1.82, 2.24) is 5.32 Å².